The van der Waals surface area contributed by atoms with Crippen molar-refractivity contribution in [2.45, 2.75) is 26.3 Å². The first-order valence-electron chi connectivity index (χ1n) is 9.85. The van der Waals surface area contributed by atoms with Gasteiger partial charge in [0.1, 0.15) is 10.8 Å². The molecule has 30 heavy (non-hydrogen) atoms. The van der Waals surface area contributed by atoms with Crippen molar-refractivity contribution in [3.8, 4) is 0 Å². The molecule has 0 unspecified atom stereocenters. The van der Waals surface area contributed by atoms with E-state index in [-0.39, 0.29) is 17.7 Å². The fraction of sp³-hybridized carbons (Fsp3) is 0.167. The summed E-state index contributed by atoms with van der Waals surface area (Å²) < 4.78 is 5.26. The maximum absolute atomic E-state index is 12.7. The number of aromatic nitrogens is 1. The van der Waals surface area contributed by atoms with E-state index in [1.165, 1.54) is 16.7 Å². The smallest absolute Gasteiger partial charge is 0.291 e. The number of amides is 1. The summed E-state index contributed by atoms with van der Waals surface area (Å²) in [5.74, 6) is 0.804. The van der Waals surface area contributed by atoms with Crippen LogP contribution in [0, 0.1) is 6.92 Å². The van der Waals surface area contributed by atoms with Gasteiger partial charge in [-0.15, -0.1) is 11.3 Å². The van der Waals surface area contributed by atoms with Gasteiger partial charge in [-0.2, -0.15) is 0 Å². The first kappa shape index (κ1) is 19.9. The monoisotopic (exact) mass is 417 g/mol. The Morgan fingerprint density at radius 3 is 2.63 bits per heavy atom. The number of benzene rings is 1. The molecule has 0 saturated heterocycles. The lowest BCUT2D eigenvalue weighted by atomic mass is 9.98. The molecule has 2 N–H and O–H groups in total. The zero-order valence-corrected chi connectivity index (χ0v) is 17.7. The van der Waals surface area contributed by atoms with E-state index in [1.54, 1.807) is 29.7 Å². The van der Waals surface area contributed by atoms with Gasteiger partial charge < -0.3 is 15.1 Å². The fourth-order valence-electron chi connectivity index (χ4n) is 3.21. The van der Waals surface area contributed by atoms with Crippen LogP contribution in [-0.2, 0) is 6.42 Å². The predicted molar refractivity (Wildman–Crippen MR) is 121 cm³/mol. The normalized spacial score (nSPS) is 11.8. The van der Waals surface area contributed by atoms with Crippen molar-refractivity contribution in [1.29, 1.82) is 0 Å². The molecule has 3 heterocycles. The summed E-state index contributed by atoms with van der Waals surface area (Å²) in [5, 5.41) is 7.39. The van der Waals surface area contributed by atoms with Crippen molar-refractivity contribution in [2.75, 3.05) is 10.6 Å². The molecule has 0 bridgehead atoms. The van der Waals surface area contributed by atoms with Gasteiger partial charge in [0.15, 0.2) is 5.76 Å². The summed E-state index contributed by atoms with van der Waals surface area (Å²) in [6.45, 7) is 4.18. The number of nitrogens with one attached hydrogen (secondary N) is 2. The van der Waals surface area contributed by atoms with Crippen molar-refractivity contribution in [3.05, 3.63) is 100 Å². The highest BCUT2D eigenvalue weighted by Crippen LogP contribution is 2.38. The lowest BCUT2D eigenvalue weighted by Crippen LogP contribution is -2.16. The lowest BCUT2D eigenvalue weighted by molar-refractivity contribution is 0.0997. The van der Waals surface area contributed by atoms with Crippen molar-refractivity contribution in [1.82, 2.24) is 4.98 Å². The average Bonchev–Trinajstić information content (AvgIpc) is 3.44. The highest BCUT2D eigenvalue weighted by atomic mass is 32.1. The van der Waals surface area contributed by atoms with Gasteiger partial charge in [0.05, 0.1) is 12.3 Å². The molecular formula is C24H23N3O2S. The number of rotatable bonds is 7. The molecule has 4 aromatic rings. The Kier molecular flexibility index (Phi) is 5.95. The lowest BCUT2D eigenvalue weighted by Gasteiger charge is -2.21. The summed E-state index contributed by atoms with van der Waals surface area (Å²) in [7, 11) is 0. The standard InChI is InChI=1S/C24H23N3O2S/c1-3-18-15-19(24(30-18)27-23(28)20-7-6-14-29-20)22(17-11-9-16(2)10-12-17)26-21-8-4-5-13-25-21/h4-15,22H,3H2,1-2H3,(H,25,26)(H,27,28)/t22-/m1/s1. The van der Waals surface area contributed by atoms with Crippen LogP contribution in [0.15, 0.2) is 77.5 Å². The molecule has 1 aromatic carbocycles. The molecule has 0 spiro atoms. The number of aryl methyl sites for hydroxylation is 2. The Hall–Kier alpha value is -3.38. The molecule has 0 saturated carbocycles. The highest BCUT2D eigenvalue weighted by molar-refractivity contribution is 7.16. The molecule has 6 heteroatoms. The van der Waals surface area contributed by atoms with Gasteiger partial charge in [0.2, 0.25) is 0 Å². The number of hydrogen-bond acceptors (Lipinski definition) is 5. The van der Waals surface area contributed by atoms with Crippen molar-refractivity contribution in [2.24, 2.45) is 0 Å². The Labute approximate surface area is 179 Å². The van der Waals surface area contributed by atoms with Crippen LogP contribution in [0.3, 0.4) is 0 Å². The first-order chi connectivity index (χ1) is 14.6. The molecule has 0 aliphatic carbocycles. The molecule has 0 fully saturated rings. The molecule has 5 nitrogen and oxygen atoms in total. The summed E-state index contributed by atoms with van der Waals surface area (Å²) in [4.78, 5) is 18.3. The van der Waals surface area contributed by atoms with E-state index in [4.69, 9.17) is 4.42 Å². The average molecular weight is 418 g/mol. The van der Waals surface area contributed by atoms with Gasteiger partial charge in [0.25, 0.3) is 5.91 Å². The minimum absolute atomic E-state index is 0.163. The molecule has 0 aliphatic heterocycles. The highest BCUT2D eigenvalue weighted by Gasteiger charge is 2.23. The number of thiophene rings is 1. The maximum atomic E-state index is 12.7. The molecule has 1 amide bonds. The summed E-state index contributed by atoms with van der Waals surface area (Å²) >= 11 is 1.59. The largest absolute Gasteiger partial charge is 0.459 e. The number of anilines is 2. The molecular weight excluding hydrogens is 394 g/mol. The van der Waals surface area contributed by atoms with Crippen LogP contribution in [0.1, 0.15) is 45.1 Å². The van der Waals surface area contributed by atoms with Crippen LogP contribution in [0.25, 0.3) is 0 Å². The quantitative estimate of drug-likeness (QED) is 0.383. The van der Waals surface area contributed by atoms with Crippen LogP contribution >= 0.6 is 11.3 Å². The van der Waals surface area contributed by atoms with Crippen LogP contribution in [-0.4, -0.2) is 10.9 Å². The molecule has 4 rings (SSSR count). The van der Waals surface area contributed by atoms with Crippen LogP contribution in [0.4, 0.5) is 10.8 Å². The molecule has 1 atom stereocenters. The Morgan fingerprint density at radius 1 is 1.13 bits per heavy atom. The Balaban J connectivity index is 1.74. The zero-order chi connectivity index (χ0) is 20.9. The number of furan rings is 1. The van der Waals surface area contributed by atoms with Crippen molar-refractivity contribution >= 4 is 28.1 Å². The SMILES string of the molecule is CCc1cc([C@H](Nc2ccccn2)c2ccc(C)cc2)c(NC(=O)c2ccco2)s1. The molecule has 3 aromatic heterocycles. The van der Waals surface area contributed by atoms with Crippen molar-refractivity contribution < 1.29 is 9.21 Å². The predicted octanol–water partition coefficient (Wildman–Crippen LogP) is 6.06. The Bertz CT molecular complexity index is 1100. The minimum Gasteiger partial charge on any atom is -0.459 e. The third-order valence-corrected chi connectivity index (χ3v) is 6.02. The van der Waals surface area contributed by atoms with Gasteiger partial charge in [-0.25, -0.2) is 4.98 Å². The van der Waals surface area contributed by atoms with Gasteiger partial charge in [-0.3, -0.25) is 4.79 Å². The second kappa shape index (κ2) is 8.97. The number of pyridine rings is 1. The van der Waals surface area contributed by atoms with E-state index < -0.39 is 0 Å². The second-order valence-corrected chi connectivity index (χ2v) is 8.12. The summed E-state index contributed by atoms with van der Waals surface area (Å²) in [6, 6.07) is 19.5. The summed E-state index contributed by atoms with van der Waals surface area (Å²) in [5.41, 5.74) is 3.30. The number of nitrogens with zero attached hydrogens (tertiary/aromatic N) is 1. The van der Waals surface area contributed by atoms with E-state index in [9.17, 15) is 4.79 Å². The zero-order valence-electron chi connectivity index (χ0n) is 16.9. The van der Waals surface area contributed by atoms with Crippen LogP contribution in [0.5, 0.6) is 0 Å². The van der Waals surface area contributed by atoms with E-state index >= 15 is 0 Å². The van der Waals surface area contributed by atoms with E-state index in [0.29, 0.717) is 0 Å². The van der Waals surface area contributed by atoms with Gasteiger partial charge in [0, 0.05) is 16.6 Å². The van der Waals surface area contributed by atoms with Gasteiger partial charge in [-0.1, -0.05) is 42.8 Å². The van der Waals surface area contributed by atoms with Crippen molar-refractivity contribution in [3.63, 3.8) is 0 Å². The summed E-state index contributed by atoms with van der Waals surface area (Å²) in [6.07, 6.45) is 4.15. The third-order valence-electron chi connectivity index (χ3n) is 4.81. The number of carbonyl (C=O) groups is 1. The first-order valence-corrected chi connectivity index (χ1v) is 10.7. The maximum Gasteiger partial charge on any atom is 0.291 e. The Morgan fingerprint density at radius 2 is 1.97 bits per heavy atom. The molecule has 0 radical (unpaired) electrons. The van der Waals surface area contributed by atoms with Gasteiger partial charge >= 0.3 is 0 Å². The second-order valence-electron chi connectivity index (χ2n) is 6.99. The van der Waals surface area contributed by atoms with Crippen LogP contribution in [0.2, 0.25) is 0 Å². The topological polar surface area (TPSA) is 67.2 Å². The third kappa shape index (κ3) is 4.44. The van der Waals surface area contributed by atoms with Crippen LogP contribution < -0.4 is 10.6 Å². The number of hydrogen-bond donors (Lipinski definition) is 2. The number of carbonyl (C=O) groups excluding carboxylic acids is 1. The molecule has 0 aliphatic rings. The molecule has 152 valence electrons. The van der Waals surface area contributed by atoms with E-state index in [0.717, 1.165) is 28.4 Å². The fourth-order valence-corrected chi connectivity index (χ4v) is 4.24. The van der Waals surface area contributed by atoms with Gasteiger partial charge in [-0.05, 0) is 49.2 Å². The van der Waals surface area contributed by atoms with E-state index in [2.05, 4.69) is 59.8 Å². The van der Waals surface area contributed by atoms with E-state index in [1.807, 2.05) is 18.2 Å². The minimum atomic E-state index is -0.258.